The van der Waals surface area contributed by atoms with E-state index in [1.54, 1.807) is 31.0 Å². The molecule has 0 spiro atoms. The number of carboxylic acid groups (broad SMARTS) is 1. The molecule has 0 saturated carbocycles. The van der Waals surface area contributed by atoms with E-state index in [0.29, 0.717) is 11.4 Å². The summed E-state index contributed by atoms with van der Waals surface area (Å²) >= 11 is 0. The van der Waals surface area contributed by atoms with E-state index in [2.05, 4.69) is 10.2 Å². The third-order valence-electron chi connectivity index (χ3n) is 2.07. The Balaban J connectivity index is 2.46. The van der Waals surface area contributed by atoms with Gasteiger partial charge in [-0.1, -0.05) is 0 Å². The van der Waals surface area contributed by atoms with Crippen LogP contribution in [-0.4, -0.2) is 30.6 Å². The molecule has 6 nitrogen and oxygen atoms in total. The number of nitrogens with zero attached hydrogens (tertiary/aromatic N) is 4. The van der Waals surface area contributed by atoms with Gasteiger partial charge >= 0.3 is 5.97 Å². The monoisotopic (exact) mass is 206 g/mol. The number of aromatic carboxylic acids is 1. The number of hydrogen-bond acceptors (Lipinski definition) is 3. The van der Waals surface area contributed by atoms with Crippen LogP contribution in [0.3, 0.4) is 0 Å². The standard InChI is InChI=1S/C9H10N4O2/c1-12-4-3-6(10-12)7-5-8(9(14)15)13(2)11-7/h3-5H,1-2H3,(H,14,15). The molecule has 0 atom stereocenters. The maximum Gasteiger partial charge on any atom is 0.354 e. The van der Waals surface area contributed by atoms with Gasteiger partial charge in [0.1, 0.15) is 17.1 Å². The molecule has 2 aromatic heterocycles. The number of carboxylic acids is 1. The van der Waals surface area contributed by atoms with Crippen LogP contribution < -0.4 is 0 Å². The van der Waals surface area contributed by atoms with Crippen molar-refractivity contribution in [3.05, 3.63) is 24.0 Å². The molecule has 0 fully saturated rings. The molecule has 78 valence electrons. The number of hydrogen-bond donors (Lipinski definition) is 1. The van der Waals surface area contributed by atoms with Crippen LogP contribution in [0, 0.1) is 0 Å². The zero-order valence-corrected chi connectivity index (χ0v) is 8.38. The summed E-state index contributed by atoms with van der Waals surface area (Å²) in [6.07, 6.45) is 1.78. The summed E-state index contributed by atoms with van der Waals surface area (Å²) in [4.78, 5) is 10.8. The highest BCUT2D eigenvalue weighted by atomic mass is 16.4. The molecule has 6 heteroatoms. The lowest BCUT2D eigenvalue weighted by Gasteiger charge is -1.91. The molecule has 0 aliphatic heterocycles. The first-order valence-corrected chi connectivity index (χ1v) is 4.35. The Morgan fingerprint density at radius 3 is 2.53 bits per heavy atom. The summed E-state index contributed by atoms with van der Waals surface area (Å²) in [5.41, 5.74) is 1.38. The van der Waals surface area contributed by atoms with Crippen LogP contribution in [0.25, 0.3) is 11.4 Å². The van der Waals surface area contributed by atoms with Gasteiger partial charge in [0.2, 0.25) is 0 Å². The van der Waals surface area contributed by atoms with Crippen molar-refractivity contribution < 1.29 is 9.90 Å². The van der Waals surface area contributed by atoms with E-state index in [4.69, 9.17) is 5.11 Å². The van der Waals surface area contributed by atoms with E-state index in [0.717, 1.165) is 0 Å². The molecular weight excluding hydrogens is 196 g/mol. The molecule has 1 N–H and O–H groups in total. The van der Waals surface area contributed by atoms with Crippen molar-refractivity contribution in [3.8, 4) is 11.4 Å². The van der Waals surface area contributed by atoms with Crippen LogP contribution in [0.15, 0.2) is 18.3 Å². The Morgan fingerprint density at radius 1 is 1.33 bits per heavy atom. The van der Waals surface area contributed by atoms with Crippen LogP contribution in [-0.2, 0) is 14.1 Å². The predicted molar refractivity (Wildman–Crippen MR) is 52.4 cm³/mol. The molecule has 2 heterocycles. The molecular formula is C9H10N4O2. The van der Waals surface area contributed by atoms with Crippen LogP contribution >= 0.6 is 0 Å². The molecule has 0 unspecified atom stereocenters. The minimum atomic E-state index is -0.993. The van der Waals surface area contributed by atoms with Crippen LogP contribution in [0.1, 0.15) is 10.5 Å². The molecule has 2 rings (SSSR count). The SMILES string of the molecule is Cn1ccc(-c2cc(C(=O)O)n(C)n2)n1. The van der Waals surface area contributed by atoms with Crippen molar-refractivity contribution in [1.29, 1.82) is 0 Å². The van der Waals surface area contributed by atoms with Gasteiger partial charge in [0.05, 0.1) is 0 Å². The Hall–Kier alpha value is -2.11. The molecule has 0 aromatic carbocycles. The first-order chi connectivity index (χ1) is 7.08. The quantitative estimate of drug-likeness (QED) is 0.777. The second-order valence-corrected chi connectivity index (χ2v) is 3.22. The highest BCUT2D eigenvalue weighted by molar-refractivity contribution is 5.87. The molecule has 0 saturated heterocycles. The minimum Gasteiger partial charge on any atom is -0.477 e. The van der Waals surface area contributed by atoms with Crippen LogP contribution in [0.5, 0.6) is 0 Å². The van der Waals surface area contributed by atoms with E-state index in [1.807, 2.05) is 0 Å². The van der Waals surface area contributed by atoms with Gasteiger partial charge in [-0.25, -0.2) is 4.79 Å². The molecule has 15 heavy (non-hydrogen) atoms. The van der Waals surface area contributed by atoms with Gasteiger partial charge in [0, 0.05) is 26.4 Å². The van der Waals surface area contributed by atoms with E-state index >= 15 is 0 Å². The van der Waals surface area contributed by atoms with Crippen molar-refractivity contribution in [2.45, 2.75) is 0 Å². The summed E-state index contributed by atoms with van der Waals surface area (Å²) in [6.45, 7) is 0. The lowest BCUT2D eigenvalue weighted by molar-refractivity contribution is 0.0685. The Morgan fingerprint density at radius 2 is 2.07 bits per heavy atom. The maximum atomic E-state index is 10.8. The summed E-state index contributed by atoms with van der Waals surface area (Å²) in [7, 11) is 3.39. The van der Waals surface area contributed by atoms with Crippen molar-refractivity contribution >= 4 is 5.97 Å². The molecule has 2 aromatic rings. The maximum absolute atomic E-state index is 10.8. The third-order valence-corrected chi connectivity index (χ3v) is 2.07. The van der Waals surface area contributed by atoms with Crippen molar-refractivity contribution in [2.24, 2.45) is 14.1 Å². The number of rotatable bonds is 2. The van der Waals surface area contributed by atoms with Crippen molar-refractivity contribution in [2.75, 3.05) is 0 Å². The molecule has 0 aliphatic rings. The van der Waals surface area contributed by atoms with Gasteiger partial charge in [-0.3, -0.25) is 9.36 Å². The highest BCUT2D eigenvalue weighted by Crippen LogP contribution is 2.15. The fraction of sp³-hybridized carbons (Fsp3) is 0.222. The van der Waals surface area contributed by atoms with Gasteiger partial charge in [-0.05, 0) is 6.07 Å². The fourth-order valence-electron chi connectivity index (χ4n) is 1.34. The summed E-state index contributed by atoms with van der Waals surface area (Å²) in [5, 5.41) is 17.1. The first kappa shape index (κ1) is 9.45. The average molecular weight is 206 g/mol. The average Bonchev–Trinajstić information content (AvgIpc) is 2.71. The first-order valence-electron chi connectivity index (χ1n) is 4.35. The minimum absolute atomic E-state index is 0.149. The van der Waals surface area contributed by atoms with E-state index < -0.39 is 5.97 Å². The topological polar surface area (TPSA) is 72.9 Å². The Labute approximate surface area is 85.8 Å². The second-order valence-electron chi connectivity index (χ2n) is 3.22. The van der Waals surface area contributed by atoms with Gasteiger partial charge in [0.15, 0.2) is 0 Å². The van der Waals surface area contributed by atoms with Gasteiger partial charge in [-0.15, -0.1) is 0 Å². The van der Waals surface area contributed by atoms with Crippen molar-refractivity contribution in [1.82, 2.24) is 19.6 Å². The largest absolute Gasteiger partial charge is 0.477 e. The Kier molecular flexibility index (Phi) is 2.03. The lowest BCUT2D eigenvalue weighted by Crippen LogP contribution is -2.04. The number of aromatic nitrogens is 4. The van der Waals surface area contributed by atoms with Crippen LogP contribution in [0.2, 0.25) is 0 Å². The molecule has 0 bridgehead atoms. The fourth-order valence-corrected chi connectivity index (χ4v) is 1.34. The summed E-state index contributed by atoms with van der Waals surface area (Å²) in [6, 6.07) is 3.29. The van der Waals surface area contributed by atoms with E-state index in [-0.39, 0.29) is 5.69 Å². The molecule has 0 aliphatic carbocycles. The predicted octanol–water partition coefficient (Wildman–Crippen LogP) is 0.519. The zero-order valence-electron chi connectivity index (χ0n) is 8.38. The Bertz CT molecular complexity index is 512. The summed E-state index contributed by atoms with van der Waals surface area (Å²) in [5.74, 6) is -0.993. The van der Waals surface area contributed by atoms with E-state index in [9.17, 15) is 4.79 Å². The zero-order chi connectivity index (χ0) is 11.0. The highest BCUT2D eigenvalue weighted by Gasteiger charge is 2.13. The lowest BCUT2D eigenvalue weighted by atomic mass is 10.3. The van der Waals surface area contributed by atoms with Crippen LogP contribution in [0.4, 0.5) is 0 Å². The van der Waals surface area contributed by atoms with Gasteiger partial charge in [0.25, 0.3) is 0 Å². The third kappa shape index (κ3) is 1.61. The van der Waals surface area contributed by atoms with Gasteiger partial charge < -0.3 is 5.11 Å². The van der Waals surface area contributed by atoms with Crippen molar-refractivity contribution in [3.63, 3.8) is 0 Å². The van der Waals surface area contributed by atoms with Gasteiger partial charge in [-0.2, -0.15) is 10.2 Å². The van der Waals surface area contributed by atoms with E-state index in [1.165, 1.54) is 10.7 Å². The molecule has 0 radical (unpaired) electrons. The normalized spacial score (nSPS) is 10.5. The smallest absolute Gasteiger partial charge is 0.354 e. The molecule has 0 amide bonds. The summed E-state index contributed by atoms with van der Waals surface area (Å²) < 4.78 is 2.97. The number of aryl methyl sites for hydroxylation is 2. The number of carbonyl (C=O) groups is 1. The second kappa shape index (κ2) is 3.23.